The molecule has 1 aliphatic carbocycles. The Morgan fingerprint density at radius 1 is 1.32 bits per heavy atom. The lowest BCUT2D eigenvalue weighted by atomic mass is 10.1. The van der Waals surface area contributed by atoms with E-state index in [1.54, 1.807) is 0 Å². The molecule has 19 heavy (non-hydrogen) atoms. The van der Waals surface area contributed by atoms with Gasteiger partial charge in [-0.25, -0.2) is 4.79 Å². The molecule has 4 heteroatoms. The quantitative estimate of drug-likeness (QED) is 0.878. The number of nitrogens with one attached hydrogen (secondary N) is 1. The Kier molecular flexibility index (Phi) is 3.80. The molecule has 1 aromatic rings. The lowest BCUT2D eigenvalue weighted by molar-refractivity contribution is 0.237. The van der Waals surface area contributed by atoms with E-state index in [0.29, 0.717) is 12.6 Å². The second-order valence-electron chi connectivity index (χ2n) is 6.15. The number of carbonyl (C=O) groups is 1. The molecule has 0 aliphatic heterocycles. The van der Waals surface area contributed by atoms with Crippen molar-refractivity contribution in [3.8, 4) is 0 Å². The molecule has 0 atom stereocenters. The zero-order valence-corrected chi connectivity index (χ0v) is 11.9. The summed E-state index contributed by atoms with van der Waals surface area (Å²) >= 11 is 0. The van der Waals surface area contributed by atoms with Crippen LogP contribution in [0.5, 0.6) is 0 Å². The Morgan fingerprint density at radius 3 is 2.32 bits per heavy atom. The average molecular weight is 261 g/mol. The molecule has 0 saturated heterocycles. The first-order valence-corrected chi connectivity index (χ1v) is 6.81. The van der Waals surface area contributed by atoms with Crippen LogP contribution in [0.15, 0.2) is 24.3 Å². The maximum Gasteiger partial charge on any atom is 0.322 e. The summed E-state index contributed by atoms with van der Waals surface area (Å²) in [6, 6.07) is 8.23. The fraction of sp³-hybridized carbons (Fsp3) is 0.533. The minimum absolute atomic E-state index is 0.0181. The summed E-state index contributed by atoms with van der Waals surface area (Å²) in [6.45, 7) is 6.51. The molecule has 2 rings (SSSR count). The standard InChI is InChI=1S/C15H23N3O/c1-15(2,3)17-14(19)18(13-8-9-13)12-6-4-11(10-16)5-7-12/h4-7,13H,8-10,16H2,1-3H3,(H,17,19). The van der Waals surface area contributed by atoms with Gasteiger partial charge in [0.1, 0.15) is 0 Å². The smallest absolute Gasteiger partial charge is 0.322 e. The van der Waals surface area contributed by atoms with E-state index in [0.717, 1.165) is 24.1 Å². The predicted octanol–water partition coefficient (Wildman–Crippen LogP) is 2.62. The van der Waals surface area contributed by atoms with E-state index in [1.807, 2.05) is 49.9 Å². The summed E-state index contributed by atoms with van der Waals surface area (Å²) in [5.41, 5.74) is 7.40. The largest absolute Gasteiger partial charge is 0.333 e. The highest BCUT2D eigenvalue weighted by Gasteiger charge is 2.34. The van der Waals surface area contributed by atoms with E-state index >= 15 is 0 Å². The molecule has 0 spiro atoms. The zero-order chi connectivity index (χ0) is 14.0. The van der Waals surface area contributed by atoms with Crippen LogP contribution < -0.4 is 16.0 Å². The third-order valence-corrected chi connectivity index (χ3v) is 3.06. The molecule has 1 aliphatic rings. The summed E-state index contributed by atoms with van der Waals surface area (Å²) in [5, 5.41) is 3.03. The Bertz CT molecular complexity index is 443. The monoisotopic (exact) mass is 261 g/mol. The molecular weight excluding hydrogens is 238 g/mol. The molecule has 4 nitrogen and oxygen atoms in total. The molecular formula is C15H23N3O. The molecule has 3 N–H and O–H groups in total. The predicted molar refractivity (Wildman–Crippen MR) is 78.1 cm³/mol. The molecule has 0 bridgehead atoms. The van der Waals surface area contributed by atoms with Crippen LogP contribution in [-0.4, -0.2) is 17.6 Å². The minimum atomic E-state index is -0.221. The minimum Gasteiger partial charge on any atom is -0.333 e. The number of hydrogen-bond acceptors (Lipinski definition) is 2. The van der Waals surface area contributed by atoms with Gasteiger partial charge in [0.2, 0.25) is 0 Å². The number of rotatable bonds is 3. The lowest BCUT2D eigenvalue weighted by Crippen LogP contribution is -2.49. The van der Waals surface area contributed by atoms with Gasteiger partial charge < -0.3 is 11.1 Å². The number of hydrogen-bond donors (Lipinski definition) is 2. The average Bonchev–Trinajstić information content (AvgIpc) is 3.12. The number of anilines is 1. The number of urea groups is 1. The molecule has 0 unspecified atom stereocenters. The highest BCUT2D eigenvalue weighted by molar-refractivity contribution is 5.93. The van der Waals surface area contributed by atoms with Crippen molar-refractivity contribution in [3.63, 3.8) is 0 Å². The topological polar surface area (TPSA) is 58.4 Å². The summed E-state index contributed by atoms with van der Waals surface area (Å²) in [4.78, 5) is 14.3. The van der Waals surface area contributed by atoms with Crippen molar-refractivity contribution in [2.24, 2.45) is 5.73 Å². The van der Waals surface area contributed by atoms with E-state index in [1.165, 1.54) is 0 Å². The molecule has 0 heterocycles. The van der Waals surface area contributed by atoms with Gasteiger partial charge in [0.25, 0.3) is 0 Å². The van der Waals surface area contributed by atoms with Crippen molar-refractivity contribution >= 4 is 11.7 Å². The summed E-state index contributed by atoms with van der Waals surface area (Å²) < 4.78 is 0. The van der Waals surface area contributed by atoms with Gasteiger partial charge >= 0.3 is 6.03 Å². The Labute approximate surface area is 115 Å². The summed E-state index contributed by atoms with van der Waals surface area (Å²) in [5.74, 6) is 0. The summed E-state index contributed by atoms with van der Waals surface area (Å²) in [7, 11) is 0. The van der Waals surface area contributed by atoms with Crippen LogP contribution in [0.1, 0.15) is 39.2 Å². The highest BCUT2D eigenvalue weighted by Crippen LogP contribution is 2.32. The van der Waals surface area contributed by atoms with Crippen LogP contribution in [0.2, 0.25) is 0 Å². The molecule has 0 radical (unpaired) electrons. The highest BCUT2D eigenvalue weighted by atomic mass is 16.2. The first kappa shape index (κ1) is 13.9. The van der Waals surface area contributed by atoms with Crippen LogP contribution in [-0.2, 0) is 6.54 Å². The Balaban J connectivity index is 2.17. The second-order valence-corrected chi connectivity index (χ2v) is 6.15. The van der Waals surface area contributed by atoms with Crippen LogP contribution in [0.4, 0.5) is 10.5 Å². The lowest BCUT2D eigenvalue weighted by Gasteiger charge is -2.28. The van der Waals surface area contributed by atoms with E-state index in [-0.39, 0.29) is 11.6 Å². The van der Waals surface area contributed by atoms with Gasteiger partial charge in [0.15, 0.2) is 0 Å². The van der Waals surface area contributed by atoms with Gasteiger partial charge in [-0.2, -0.15) is 0 Å². The van der Waals surface area contributed by atoms with Crippen molar-refractivity contribution in [2.75, 3.05) is 4.90 Å². The van der Waals surface area contributed by atoms with E-state index in [4.69, 9.17) is 5.73 Å². The van der Waals surface area contributed by atoms with Gasteiger partial charge in [-0.05, 0) is 51.3 Å². The molecule has 0 aromatic heterocycles. The van der Waals surface area contributed by atoms with Crippen molar-refractivity contribution in [1.82, 2.24) is 5.32 Å². The zero-order valence-electron chi connectivity index (χ0n) is 11.9. The molecule has 104 valence electrons. The van der Waals surface area contributed by atoms with Gasteiger partial charge in [-0.1, -0.05) is 12.1 Å². The summed E-state index contributed by atoms with van der Waals surface area (Å²) in [6.07, 6.45) is 2.16. The van der Waals surface area contributed by atoms with Crippen molar-refractivity contribution in [2.45, 2.75) is 51.7 Å². The number of benzene rings is 1. The maximum absolute atomic E-state index is 12.4. The first-order valence-electron chi connectivity index (χ1n) is 6.81. The second kappa shape index (κ2) is 5.21. The number of nitrogens with zero attached hydrogens (tertiary/aromatic N) is 1. The van der Waals surface area contributed by atoms with E-state index in [9.17, 15) is 4.79 Å². The van der Waals surface area contributed by atoms with Gasteiger partial charge in [0, 0.05) is 23.8 Å². The Hall–Kier alpha value is -1.55. The van der Waals surface area contributed by atoms with E-state index < -0.39 is 0 Å². The normalized spacial score (nSPS) is 15.2. The molecule has 2 amide bonds. The number of nitrogens with two attached hydrogens (primary N) is 1. The maximum atomic E-state index is 12.4. The van der Waals surface area contributed by atoms with Crippen LogP contribution in [0.3, 0.4) is 0 Å². The Morgan fingerprint density at radius 2 is 1.89 bits per heavy atom. The first-order chi connectivity index (χ1) is 8.90. The number of carbonyl (C=O) groups excluding carboxylic acids is 1. The molecule has 1 aromatic carbocycles. The van der Waals surface area contributed by atoms with E-state index in [2.05, 4.69) is 5.32 Å². The third-order valence-electron chi connectivity index (χ3n) is 3.06. The number of amides is 2. The molecule has 1 saturated carbocycles. The molecule has 1 fully saturated rings. The van der Waals surface area contributed by atoms with Gasteiger partial charge in [-0.3, -0.25) is 4.90 Å². The van der Waals surface area contributed by atoms with Crippen LogP contribution in [0.25, 0.3) is 0 Å². The van der Waals surface area contributed by atoms with Gasteiger partial charge in [-0.15, -0.1) is 0 Å². The van der Waals surface area contributed by atoms with Gasteiger partial charge in [0.05, 0.1) is 0 Å². The van der Waals surface area contributed by atoms with Crippen LogP contribution in [0, 0.1) is 0 Å². The fourth-order valence-electron chi connectivity index (χ4n) is 2.00. The third kappa shape index (κ3) is 3.70. The van der Waals surface area contributed by atoms with Crippen LogP contribution >= 0.6 is 0 Å². The van der Waals surface area contributed by atoms with Crippen molar-refractivity contribution in [1.29, 1.82) is 0 Å². The fourth-order valence-corrected chi connectivity index (χ4v) is 2.00. The van der Waals surface area contributed by atoms with Crippen molar-refractivity contribution in [3.05, 3.63) is 29.8 Å². The van der Waals surface area contributed by atoms with Crippen molar-refractivity contribution < 1.29 is 4.79 Å². The SMILES string of the molecule is CC(C)(C)NC(=O)N(c1ccc(CN)cc1)C1CC1.